The van der Waals surface area contributed by atoms with Crippen molar-refractivity contribution < 1.29 is 4.79 Å². The number of nitrogens with zero attached hydrogens (tertiary/aromatic N) is 3. The number of hydrogen-bond donors (Lipinski definition) is 2. The Morgan fingerprint density at radius 3 is 2.55 bits per heavy atom. The predicted molar refractivity (Wildman–Crippen MR) is 81.7 cm³/mol. The molecule has 1 aromatic heterocycles. The van der Waals surface area contributed by atoms with Crippen LogP contribution in [0.3, 0.4) is 0 Å². The summed E-state index contributed by atoms with van der Waals surface area (Å²) in [6, 6.07) is 0.0270. The van der Waals surface area contributed by atoms with Crippen LogP contribution in [0.2, 0.25) is 0 Å². The van der Waals surface area contributed by atoms with Crippen LogP contribution in [-0.2, 0) is 6.54 Å². The first-order valence-electron chi connectivity index (χ1n) is 6.83. The number of nitrogens with two attached hydrogens (primary N) is 1. The van der Waals surface area contributed by atoms with E-state index in [-0.39, 0.29) is 11.6 Å². The molecule has 0 atom stereocenters. The number of thiazole rings is 1. The Bertz CT molecular complexity index is 460. The fraction of sp³-hybridized carbons (Fsp3) is 0.692. The van der Waals surface area contributed by atoms with E-state index in [9.17, 15) is 4.79 Å². The summed E-state index contributed by atoms with van der Waals surface area (Å²) in [6.07, 6.45) is 1.83. The number of hydrogen-bond acceptors (Lipinski definition) is 5. The molecule has 1 fully saturated rings. The van der Waals surface area contributed by atoms with Crippen molar-refractivity contribution in [3.63, 3.8) is 0 Å². The van der Waals surface area contributed by atoms with E-state index in [1.54, 1.807) is 0 Å². The molecule has 1 saturated heterocycles. The van der Waals surface area contributed by atoms with Crippen LogP contribution in [0, 0.1) is 0 Å². The Morgan fingerprint density at radius 2 is 2.05 bits per heavy atom. The minimum absolute atomic E-state index is 0.0270. The second kappa shape index (κ2) is 5.97. The second-order valence-electron chi connectivity index (χ2n) is 6.11. The predicted octanol–water partition coefficient (Wildman–Crippen LogP) is 1.35. The number of carbonyl (C=O) groups is 1. The van der Waals surface area contributed by atoms with Crippen molar-refractivity contribution in [1.82, 2.24) is 20.1 Å². The molecule has 1 aliphatic rings. The van der Waals surface area contributed by atoms with Gasteiger partial charge < -0.3 is 16.0 Å². The first kappa shape index (κ1) is 15.1. The Balaban J connectivity index is 1.79. The molecule has 0 bridgehead atoms. The van der Waals surface area contributed by atoms with Crippen molar-refractivity contribution in [3.8, 4) is 0 Å². The first-order chi connectivity index (χ1) is 9.33. The molecule has 0 saturated carbocycles. The van der Waals surface area contributed by atoms with Gasteiger partial charge >= 0.3 is 6.03 Å². The van der Waals surface area contributed by atoms with Crippen molar-refractivity contribution in [2.75, 3.05) is 31.9 Å². The van der Waals surface area contributed by atoms with Gasteiger partial charge in [-0.05, 0) is 20.8 Å². The number of nitrogen functional groups attached to an aromatic ring is 1. The normalized spacial score (nSPS) is 17.2. The molecule has 0 aromatic carbocycles. The molecule has 2 heterocycles. The highest BCUT2D eigenvalue weighted by atomic mass is 32.1. The van der Waals surface area contributed by atoms with Crippen LogP contribution in [0.15, 0.2) is 6.20 Å². The van der Waals surface area contributed by atoms with Crippen LogP contribution in [0.25, 0.3) is 0 Å². The lowest BCUT2D eigenvalue weighted by Crippen LogP contribution is -2.54. The number of anilines is 1. The first-order valence-corrected chi connectivity index (χ1v) is 7.65. The molecule has 6 nitrogen and oxygen atoms in total. The summed E-state index contributed by atoms with van der Waals surface area (Å²) in [5.41, 5.74) is 5.45. The Labute approximate surface area is 124 Å². The van der Waals surface area contributed by atoms with Crippen LogP contribution in [0.5, 0.6) is 0 Å². The molecule has 0 radical (unpaired) electrons. The van der Waals surface area contributed by atoms with Gasteiger partial charge in [0.25, 0.3) is 0 Å². The van der Waals surface area contributed by atoms with Crippen molar-refractivity contribution in [2.45, 2.75) is 32.9 Å². The molecule has 0 aliphatic carbocycles. The van der Waals surface area contributed by atoms with E-state index in [1.807, 2.05) is 31.9 Å². The van der Waals surface area contributed by atoms with Gasteiger partial charge in [-0.3, -0.25) is 4.90 Å². The Morgan fingerprint density at radius 1 is 1.40 bits per heavy atom. The van der Waals surface area contributed by atoms with Gasteiger partial charge in [-0.2, -0.15) is 0 Å². The highest BCUT2D eigenvalue weighted by Gasteiger charge is 2.24. The number of piperazine rings is 1. The highest BCUT2D eigenvalue weighted by Crippen LogP contribution is 2.17. The lowest BCUT2D eigenvalue weighted by atomic mass is 10.1. The van der Waals surface area contributed by atoms with E-state index < -0.39 is 0 Å². The maximum atomic E-state index is 12.1. The largest absolute Gasteiger partial charge is 0.375 e. The summed E-state index contributed by atoms with van der Waals surface area (Å²) >= 11 is 1.53. The summed E-state index contributed by atoms with van der Waals surface area (Å²) in [7, 11) is 0. The summed E-state index contributed by atoms with van der Waals surface area (Å²) < 4.78 is 0. The Hall–Kier alpha value is -1.34. The molecular weight excluding hydrogens is 274 g/mol. The van der Waals surface area contributed by atoms with Crippen LogP contribution in [-0.4, -0.2) is 52.5 Å². The third-order valence-corrected chi connectivity index (χ3v) is 3.90. The van der Waals surface area contributed by atoms with Crippen molar-refractivity contribution in [2.24, 2.45) is 0 Å². The minimum Gasteiger partial charge on any atom is -0.375 e. The van der Waals surface area contributed by atoms with Gasteiger partial charge in [0.1, 0.15) is 0 Å². The van der Waals surface area contributed by atoms with Gasteiger partial charge in [0.2, 0.25) is 0 Å². The maximum absolute atomic E-state index is 12.1. The lowest BCUT2D eigenvalue weighted by Gasteiger charge is -2.36. The van der Waals surface area contributed by atoms with Gasteiger partial charge in [-0.1, -0.05) is 0 Å². The van der Waals surface area contributed by atoms with Crippen LogP contribution in [0.1, 0.15) is 25.6 Å². The monoisotopic (exact) mass is 297 g/mol. The number of carbonyl (C=O) groups excluding carboxylic acids is 1. The van der Waals surface area contributed by atoms with Crippen LogP contribution in [0.4, 0.5) is 9.93 Å². The lowest BCUT2D eigenvalue weighted by molar-refractivity contribution is 0.131. The summed E-state index contributed by atoms with van der Waals surface area (Å²) in [4.78, 5) is 21.5. The molecule has 112 valence electrons. The SMILES string of the molecule is CC(C)(C)NC(=O)N1CCN(Cc2cnc(N)s2)CC1. The number of urea groups is 1. The van der Waals surface area contributed by atoms with E-state index in [1.165, 1.54) is 16.2 Å². The number of aromatic nitrogens is 1. The molecule has 0 unspecified atom stereocenters. The quantitative estimate of drug-likeness (QED) is 0.864. The molecule has 1 aromatic rings. The molecule has 1 aliphatic heterocycles. The van der Waals surface area contributed by atoms with Gasteiger partial charge in [-0.15, -0.1) is 11.3 Å². The Kier molecular flexibility index (Phi) is 4.49. The number of nitrogens with one attached hydrogen (secondary N) is 1. The second-order valence-corrected chi connectivity index (χ2v) is 7.25. The van der Waals surface area contributed by atoms with E-state index in [4.69, 9.17) is 5.73 Å². The fourth-order valence-corrected chi connectivity index (χ4v) is 2.85. The summed E-state index contributed by atoms with van der Waals surface area (Å²) in [5, 5.41) is 3.61. The highest BCUT2D eigenvalue weighted by molar-refractivity contribution is 7.15. The maximum Gasteiger partial charge on any atom is 0.317 e. The molecular formula is C13H23N5OS. The zero-order valence-electron chi connectivity index (χ0n) is 12.3. The molecule has 3 N–H and O–H groups in total. The van der Waals surface area contributed by atoms with Crippen LogP contribution >= 0.6 is 11.3 Å². The topological polar surface area (TPSA) is 74.5 Å². The molecule has 2 rings (SSSR count). The molecule has 0 spiro atoms. The average molecular weight is 297 g/mol. The summed E-state index contributed by atoms with van der Waals surface area (Å²) in [6.45, 7) is 10.1. The van der Waals surface area contributed by atoms with Crippen LogP contribution < -0.4 is 11.1 Å². The van der Waals surface area contributed by atoms with E-state index in [0.717, 1.165) is 32.7 Å². The summed E-state index contributed by atoms with van der Waals surface area (Å²) in [5.74, 6) is 0. The van der Waals surface area contributed by atoms with Crippen molar-refractivity contribution >= 4 is 22.5 Å². The zero-order chi connectivity index (χ0) is 14.8. The number of rotatable bonds is 2. The van der Waals surface area contributed by atoms with Gasteiger partial charge in [-0.25, -0.2) is 9.78 Å². The van der Waals surface area contributed by atoms with Gasteiger partial charge in [0, 0.05) is 49.3 Å². The fourth-order valence-electron chi connectivity index (χ4n) is 2.13. The third kappa shape index (κ3) is 4.35. The molecule has 2 amide bonds. The average Bonchev–Trinajstić information content (AvgIpc) is 2.73. The van der Waals surface area contributed by atoms with Crippen molar-refractivity contribution in [3.05, 3.63) is 11.1 Å². The van der Waals surface area contributed by atoms with E-state index in [0.29, 0.717) is 5.13 Å². The number of amides is 2. The molecule has 7 heteroatoms. The van der Waals surface area contributed by atoms with Gasteiger partial charge in [0.05, 0.1) is 0 Å². The smallest absolute Gasteiger partial charge is 0.317 e. The van der Waals surface area contributed by atoms with E-state index in [2.05, 4.69) is 15.2 Å². The third-order valence-electron chi connectivity index (χ3n) is 3.09. The van der Waals surface area contributed by atoms with Crippen molar-refractivity contribution in [1.29, 1.82) is 0 Å². The van der Waals surface area contributed by atoms with E-state index >= 15 is 0 Å². The minimum atomic E-state index is -0.186. The molecule has 20 heavy (non-hydrogen) atoms. The zero-order valence-corrected chi connectivity index (χ0v) is 13.2. The standard InChI is InChI=1S/C13H23N5OS/c1-13(2,3)16-12(19)18-6-4-17(5-7-18)9-10-8-15-11(14)20-10/h8H,4-7,9H2,1-3H3,(H2,14,15)(H,16,19). The van der Waals surface area contributed by atoms with Gasteiger partial charge in [0.15, 0.2) is 5.13 Å².